The summed E-state index contributed by atoms with van der Waals surface area (Å²) < 4.78 is 10.3. The minimum atomic E-state index is -0.559. The van der Waals surface area contributed by atoms with Crippen LogP contribution in [0.4, 0.5) is 11.4 Å². The lowest BCUT2D eigenvalue weighted by atomic mass is 10.2. The quantitative estimate of drug-likeness (QED) is 0.614. The van der Waals surface area contributed by atoms with Crippen LogP contribution in [0.25, 0.3) is 0 Å². The Labute approximate surface area is 147 Å². The summed E-state index contributed by atoms with van der Waals surface area (Å²) >= 11 is 11.9. The number of nitrogens with one attached hydrogen (secondary N) is 1. The number of nitrogens with zero attached hydrogens (tertiary/aromatic N) is 1. The molecule has 0 aromatic heterocycles. The average Bonchev–Trinajstić information content (AvgIpc) is 2.54. The van der Waals surface area contributed by atoms with Crippen molar-refractivity contribution < 1.29 is 19.2 Å². The molecule has 2 aromatic rings. The molecule has 1 amide bonds. The standard InChI is InChI=1S/C15H12Cl2N2O5/c1-23-13-7-9(19(21)22)5-6-12(13)18-14(20)8-24-15-10(16)3-2-4-11(15)17/h2-7H,8H2,1H3,(H,18,20). The van der Waals surface area contributed by atoms with E-state index in [1.807, 2.05) is 0 Å². The number of anilines is 1. The van der Waals surface area contributed by atoms with E-state index in [9.17, 15) is 14.9 Å². The van der Waals surface area contributed by atoms with E-state index < -0.39 is 10.8 Å². The Bertz CT molecular complexity index is 762. The number of hydrogen-bond donors (Lipinski definition) is 1. The van der Waals surface area contributed by atoms with Crippen molar-refractivity contribution in [2.45, 2.75) is 0 Å². The molecule has 24 heavy (non-hydrogen) atoms. The lowest BCUT2D eigenvalue weighted by Gasteiger charge is -2.12. The minimum Gasteiger partial charge on any atom is -0.494 e. The molecule has 0 saturated heterocycles. The van der Waals surface area contributed by atoms with Gasteiger partial charge in [-0.25, -0.2) is 0 Å². The molecule has 0 saturated carbocycles. The lowest BCUT2D eigenvalue weighted by molar-refractivity contribution is -0.384. The summed E-state index contributed by atoms with van der Waals surface area (Å²) in [6, 6.07) is 8.65. The first-order chi connectivity index (χ1) is 11.4. The molecule has 0 bridgehead atoms. The van der Waals surface area contributed by atoms with E-state index in [2.05, 4.69) is 5.32 Å². The normalized spacial score (nSPS) is 10.1. The summed E-state index contributed by atoms with van der Waals surface area (Å²) in [6.07, 6.45) is 0. The number of methoxy groups -OCH3 is 1. The summed E-state index contributed by atoms with van der Waals surface area (Å²) in [5.41, 5.74) is 0.130. The van der Waals surface area contributed by atoms with Gasteiger partial charge in [0.15, 0.2) is 12.4 Å². The lowest BCUT2D eigenvalue weighted by Crippen LogP contribution is -2.20. The topological polar surface area (TPSA) is 90.7 Å². The SMILES string of the molecule is COc1cc([N+](=O)[O-])ccc1NC(=O)COc1c(Cl)cccc1Cl. The maximum Gasteiger partial charge on any atom is 0.273 e. The van der Waals surface area contributed by atoms with Gasteiger partial charge in [-0.2, -0.15) is 0 Å². The summed E-state index contributed by atoms with van der Waals surface area (Å²) in [5, 5.41) is 13.8. The van der Waals surface area contributed by atoms with Crippen molar-refractivity contribution in [3.63, 3.8) is 0 Å². The molecule has 0 atom stereocenters. The van der Waals surface area contributed by atoms with Crippen molar-refractivity contribution in [1.29, 1.82) is 0 Å². The zero-order valence-electron chi connectivity index (χ0n) is 12.4. The van der Waals surface area contributed by atoms with Gasteiger partial charge in [0.05, 0.1) is 33.8 Å². The van der Waals surface area contributed by atoms with Gasteiger partial charge in [-0.05, 0) is 18.2 Å². The maximum absolute atomic E-state index is 12.0. The van der Waals surface area contributed by atoms with Crippen molar-refractivity contribution in [1.82, 2.24) is 0 Å². The molecule has 0 unspecified atom stereocenters. The molecular weight excluding hydrogens is 359 g/mol. The number of non-ortho nitro benzene ring substituents is 1. The van der Waals surface area contributed by atoms with Crippen LogP contribution < -0.4 is 14.8 Å². The second-order valence-electron chi connectivity index (χ2n) is 4.53. The smallest absolute Gasteiger partial charge is 0.273 e. The number of halogens is 2. The van der Waals surface area contributed by atoms with Gasteiger partial charge >= 0.3 is 0 Å². The Kier molecular flexibility index (Phi) is 5.83. The number of carbonyl (C=O) groups is 1. The molecule has 2 aromatic carbocycles. The first kappa shape index (κ1) is 17.8. The molecule has 7 nitrogen and oxygen atoms in total. The molecular formula is C15H12Cl2N2O5. The second-order valence-corrected chi connectivity index (χ2v) is 5.34. The number of nitro groups is 1. The number of ether oxygens (including phenoxy) is 2. The highest BCUT2D eigenvalue weighted by molar-refractivity contribution is 6.37. The molecule has 0 radical (unpaired) electrons. The molecule has 0 spiro atoms. The third-order valence-corrected chi connectivity index (χ3v) is 3.53. The molecule has 126 valence electrons. The van der Waals surface area contributed by atoms with Gasteiger partial charge in [-0.1, -0.05) is 29.3 Å². The third kappa shape index (κ3) is 4.27. The number of rotatable bonds is 6. The molecule has 2 rings (SSSR count). The van der Waals surface area contributed by atoms with E-state index in [4.69, 9.17) is 32.7 Å². The van der Waals surface area contributed by atoms with Crippen LogP contribution >= 0.6 is 23.2 Å². The van der Waals surface area contributed by atoms with Crippen molar-refractivity contribution >= 4 is 40.5 Å². The third-order valence-electron chi connectivity index (χ3n) is 2.94. The number of carbonyl (C=O) groups excluding carboxylic acids is 1. The van der Waals surface area contributed by atoms with E-state index in [1.165, 1.54) is 25.3 Å². The van der Waals surface area contributed by atoms with Crippen molar-refractivity contribution in [2.24, 2.45) is 0 Å². The van der Waals surface area contributed by atoms with Crippen LogP contribution in [0, 0.1) is 10.1 Å². The van der Waals surface area contributed by atoms with Crippen LogP contribution in [0.2, 0.25) is 10.0 Å². The Morgan fingerprint density at radius 3 is 2.50 bits per heavy atom. The van der Waals surface area contributed by atoms with Crippen LogP contribution in [0.15, 0.2) is 36.4 Å². The number of nitro benzene ring substituents is 1. The summed E-state index contributed by atoms with van der Waals surface area (Å²) in [5.74, 6) is -0.141. The fourth-order valence-electron chi connectivity index (χ4n) is 1.84. The summed E-state index contributed by atoms with van der Waals surface area (Å²) in [7, 11) is 1.34. The fraction of sp³-hybridized carbons (Fsp3) is 0.133. The van der Waals surface area contributed by atoms with Gasteiger partial charge in [0.25, 0.3) is 11.6 Å². The highest BCUT2D eigenvalue weighted by atomic mass is 35.5. The number of hydrogen-bond acceptors (Lipinski definition) is 5. The van der Waals surface area contributed by atoms with Gasteiger partial charge in [-0.15, -0.1) is 0 Å². The van der Waals surface area contributed by atoms with Crippen LogP contribution in [-0.4, -0.2) is 24.5 Å². The second kappa shape index (κ2) is 7.85. The maximum atomic E-state index is 12.0. The molecule has 0 aliphatic heterocycles. The summed E-state index contributed by atoms with van der Waals surface area (Å²) in [6.45, 7) is -0.344. The molecule has 0 aliphatic rings. The van der Waals surface area contributed by atoms with Crippen LogP contribution in [0.1, 0.15) is 0 Å². The number of para-hydroxylation sites is 1. The van der Waals surface area contributed by atoms with Gasteiger partial charge in [0.2, 0.25) is 0 Å². The van der Waals surface area contributed by atoms with Crippen molar-refractivity contribution in [2.75, 3.05) is 19.0 Å². The Balaban J connectivity index is 2.06. The molecule has 1 N–H and O–H groups in total. The van der Waals surface area contributed by atoms with Gasteiger partial charge in [0, 0.05) is 6.07 Å². The van der Waals surface area contributed by atoms with Gasteiger partial charge in [-0.3, -0.25) is 14.9 Å². The van der Waals surface area contributed by atoms with E-state index in [0.29, 0.717) is 0 Å². The highest BCUT2D eigenvalue weighted by Crippen LogP contribution is 2.32. The number of amides is 1. The van der Waals surface area contributed by atoms with Crippen LogP contribution in [-0.2, 0) is 4.79 Å². The van der Waals surface area contributed by atoms with E-state index in [0.717, 1.165) is 0 Å². The largest absolute Gasteiger partial charge is 0.494 e. The zero-order valence-corrected chi connectivity index (χ0v) is 13.9. The predicted molar refractivity (Wildman–Crippen MR) is 90.2 cm³/mol. The Morgan fingerprint density at radius 2 is 1.92 bits per heavy atom. The molecule has 0 aliphatic carbocycles. The zero-order chi connectivity index (χ0) is 17.7. The van der Waals surface area contributed by atoms with Gasteiger partial charge < -0.3 is 14.8 Å². The predicted octanol–water partition coefficient (Wildman–Crippen LogP) is 3.93. The monoisotopic (exact) mass is 370 g/mol. The summed E-state index contributed by atoms with van der Waals surface area (Å²) in [4.78, 5) is 22.2. The highest BCUT2D eigenvalue weighted by Gasteiger charge is 2.14. The van der Waals surface area contributed by atoms with Crippen molar-refractivity contribution in [3.8, 4) is 11.5 Å². The van der Waals surface area contributed by atoms with Gasteiger partial charge in [0.1, 0.15) is 5.75 Å². The van der Waals surface area contributed by atoms with E-state index in [-0.39, 0.29) is 39.5 Å². The Morgan fingerprint density at radius 1 is 1.25 bits per heavy atom. The first-order valence-corrected chi connectivity index (χ1v) is 7.37. The van der Waals surface area contributed by atoms with E-state index >= 15 is 0 Å². The van der Waals surface area contributed by atoms with Crippen LogP contribution in [0.3, 0.4) is 0 Å². The van der Waals surface area contributed by atoms with E-state index in [1.54, 1.807) is 18.2 Å². The molecule has 0 heterocycles. The molecule has 0 fully saturated rings. The fourth-order valence-corrected chi connectivity index (χ4v) is 2.35. The average molecular weight is 371 g/mol. The van der Waals surface area contributed by atoms with Crippen molar-refractivity contribution in [3.05, 3.63) is 56.6 Å². The first-order valence-electron chi connectivity index (χ1n) is 6.61. The minimum absolute atomic E-state index is 0.149. The molecule has 9 heteroatoms. The number of benzene rings is 2. The Hall–Kier alpha value is -2.51. The van der Waals surface area contributed by atoms with Crippen LogP contribution in [0.5, 0.6) is 11.5 Å².